The summed E-state index contributed by atoms with van der Waals surface area (Å²) in [5.74, 6) is 0. The number of hydrogen-bond donors (Lipinski definition) is 0. The highest BCUT2D eigenvalue weighted by Gasteiger charge is 2.44. The lowest BCUT2D eigenvalue weighted by Crippen LogP contribution is -2.18. The fourth-order valence-corrected chi connectivity index (χ4v) is 13.8. The summed E-state index contributed by atoms with van der Waals surface area (Å²) < 4.78 is 20.2. The Hall–Kier alpha value is -8.60. The van der Waals surface area contributed by atoms with E-state index in [0.29, 0.717) is 0 Å². The molecule has 3 aliphatic rings. The number of nitrogens with zero attached hydrogens (tertiary/aromatic N) is 1. The van der Waals surface area contributed by atoms with Crippen molar-refractivity contribution in [1.29, 1.82) is 0 Å². The summed E-state index contributed by atoms with van der Waals surface area (Å²) in [5, 5.41) is 6.91. The standard InChI is InChI=1S/C69H49NO3/c1-67(2)50-31-32-60-63(45-20-11-14-25-58(45)71-60)62(50)49-37-53-48(36-54(49)67)41-29-27-39(33-51(41)68(53,3)4)70(56-23-16-22-43-42-19-10-13-24-57(42)72-65(43)56)40-28-30-44-52(34-40)69(5,6)55-35-47(38-17-8-7-9-18-38)66-64(61(44)55)46-21-12-15-26-59(46)73-66/h7-37H,1-6H3. The molecule has 3 heterocycles. The van der Waals surface area contributed by atoms with E-state index in [1.54, 1.807) is 0 Å². The van der Waals surface area contributed by atoms with Crippen LogP contribution in [0.15, 0.2) is 201 Å². The third kappa shape index (κ3) is 5.25. The van der Waals surface area contributed by atoms with Crippen LogP contribution < -0.4 is 4.90 Å². The quantitative estimate of drug-likeness (QED) is 0.176. The van der Waals surface area contributed by atoms with Crippen molar-refractivity contribution in [2.24, 2.45) is 0 Å². The van der Waals surface area contributed by atoms with Gasteiger partial charge in [0.2, 0.25) is 0 Å². The molecule has 0 atom stereocenters. The van der Waals surface area contributed by atoms with Crippen LogP contribution in [0.3, 0.4) is 0 Å². The van der Waals surface area contributed by atoms with Crippen molar-refractivity contribution in [2.45, 2.75) is 57.8 Å². The first-order valence-corrected chi connectivity index (χ1v) is 25.7. The second kappa shape index (κ2) is 13.9. The highest BCUT2D eigenvalue weighted by molar-refractivity contribution is 6.19. The van der Waals surface area contributed by atoms with Gasteiger partial charge in [0.1, 0.15) is 27.9 Å². The molecule has 10 aromatic carbocycles. The largest absolute Gasteiger partial charge is 0.456 e. The Kier molecular flexibility index (Phi) is 7.80. The summed E-state index contributed by atoms with van der Waals surface area (Å²) in [6.07, 6.45) is 0. The minimum absolute atomic E-state index is 0.193. The van der Waals surface area contributed by atoms with E-state index in [9.17, 15) is 0 Å². The van der Waals surface area contributed by atoms with E-state index in [4.69, 9.17) is 13.3 Å². The van der Waals surface area contributed by atoms with Gasteiger partial charge in [-0.15, -0.1) is 0 Å². The highest BCUT2D eigenvalue weighted by atomic mass is 16.3. The zero-order chi connectivity index (χ0) is 48.9. The van der Waals surface area contributed by atoms with E-state index < -0.39 is 0 Å². The molecular weight excluding hydrogens is 891 g/mol. The van der Waals surface area contributed by atoms with Gasteiger partial charge in [-0.3, -0.25) is 0 Å². The molecule has 0 radical (unpaired) electrons. The number of hydrogen-bond acceptors (Lipinski definition) is 4. The lowest BCUT2D eigenvalue weighted by atomic mass is 9.79. The van der Waals surface area contributed by atoms with Gasteiger partial charge in [0.05, 0.1) is 5.69 Å². The average Bonchev–Trinajstić information content (AvgIpc) is 4.24. The second-order valence-corrected chi connectivity index (χ2v) is 22.3. The topological polar surface area (TPSA) is 42.7 Å². The Labute approximate surface area is 422 Å². The van der Waals surface area contributed by atoms with E-state index in [2.05, 4.69) is 234 Å². The van der Waals surface area contributed by atoms with Gasteiger partial charge in [0, 0.05) is 65.5 Å². The maximum absolute atomic E-state index is 6.90. The lowest BCUT2D eigenvalue weighted by Gasteiger charge is -2.29. The molecule has 0 aliphatic heterocycles. The van der Waals surface area contributed by atoms with Gasteiger partial charge in [-0.05, 0) is 145 Å². The van der Waals surface area contributed by atoms with Crippen molar-refractivity contribution < 1.29 is 13.3 Å². The molecule has 348 valence electrons. The van der Waals surface area contributed by atoms with Crippen LogP contribution in [-0.2, 0) is 16.2 Å². The zero-order valence-electron chi connectivity index (χ0n) is 41.6. The summed E-state index contributed by atoms with van der Waals surface area (Å²) in [6.45, 7) is 14.4. The number of para-hydroxylation sites is 4. The smallest absolute Gasteiger partial charge is 0.159 e. The first-order chi connectivity index (χ1) is 35.5. The fraction of sp³-hybridized carbons (Fsp3) is 0.130. The van der Waals surface area contributed by atoms with E-state index in [1.807, 2.05) is 0 Å². The van der Waals surface area contributed by atoms with Gasteiger partial charge in [-0.2, -0.15) is 0 Å². The Balaban J connectivity index is 0.900. The number of anilines is 3. The van der Waals surface area contributed by atoms with Crippen LogP contribution in [0.2, 0.25) is 0 Å². The maximum Gasteiger partial charge on any atom is 0.159 e. The molecule has 0 unspecified atom stereocenters. The van der Waals surface area contributed by atoms with Gasteiger partial charge < -0.3 is 18.2 Å². The summed E-state index contributed by atoms with van der Waals surface area (Å²) in [6, 6.07) is 68.9. The molecule has 16 rings (SSSR count). The number of benzene rings is 10. The third-order valence-corrected chi connectivity index (χ3v) is 17.5. The Morgan fingerprint density at radius 1 is 0.315 bits per heavy atom. The molecule has 3 aliphatic carbocycles. The van der Waals surface area contributed by atoms with Crippen LogP contribution >= 0.6 is 0 Å². The van der Waals surface area contributed by atoms with Gasteiger partial charge in [0.25, 0.3) is 0 Å². The molecule has 0 amide bonds. The van der Waals surface area contributed by atoms with Crippen LogP contribution in [0, 0.1) is 0 Å². The van der Waals surface area contributed by atoms with Crippen molar-refractivity contribution in [3.05, 3.63) is 221 Å². The average molecular weight is 940 g/mol. The minimum atomic E-state index is -0.337. The van der Waals surface area contributed by atoms with E-state index >= 15 is 0 Å². The SMILES string of the molecule is CC1(C)c2cc(N(c3ccc4c(c3)C(C)(C)c3cc(-c5ccccc5)c5oc6ccccc6c5c3-4)c3cccc4c3oc3ccccc34)ccc2-c2cc3c(cc21)-c1c(ccc2oc4ccccc4c12)C3(C)C. The summed E-state index contributed by atoms with van der Waals surface area (Å²) in [4.78, 5) is 2.45. The molecule has 0 fully saturated rings. The molecule has 4 nitrogen and oxygen atoms in total. The maximum atomic E-state index is 6.90. The van der Waals surface area contributed by atoms with Crippen molar-refractivity contribution >= 4 is 82.9 Å². The Bertz CT molecular complexity index is 4590. The minimum Gasteiger partial charge on any atom is -0.456 e. The predicted octanol–water partition coefficient (Wildman–Crippen LogP) is 19.4. The second-order valence-electron chi connectivity index (χ2n) is 22.3. The zero-order valence-corrected chi connectivity index (χ0v) is 41.6. The van der Waals surface area contributed by atoms with Gasteiger partial charge in [-0.1, -0.05) is 157 Å². The summed E-state index contributed by atoms with van der Waals surface area (Å²) >= 11 is 0. The molecular formula is C69H49NO3. The van der Waals surface area contributed by atoms with Crippen LogP contribution in [0.25, 0.3) is 110 Å². The molecule has 4 heteroatoms. The molecule has 0 spiro atoms. The van der Waals surface area contributed by atoms with E-state index in [1.165, 1.54) is 82.9 Å². The predicted molar refractivity (Wildman–Crippen MR) is 301 cm³/mol. The van der Waals surface area contributed by atoms with E-state index in [0.717, 1.165) is 77.8 Å². The van der Waals surface area contributed by atoms with Crippen molar-refractivity contribution in [1.82, 2.24) is 0 Å². The molecule has 0 saturated carbocycles. The normalized spacial score (nSPS) is 15.3. The summed E-state index contributed by atoms with van der Waals surface area (Å²) in [7, 11) is 0. The first kappa shape index (κ1) is 41.1. The highest BCUT2D eigenvalue weighted by Crippen LogP contribution is 2.60. The molecule has 0 N–H and O–H groups in total. The number of rotatable bonds is 4. The molecule has 3 aromatic heterocycles. The van der Waals surface area contributed by atoms with Crippen LogP contribution in [-0.4, -0.2) is 0 Å². The Morgan fingerprint density at radius 3 is 1.59 bits per heavy atom. The first-order valence-electron chi connectivity index (χ1n) is 25.7. The van der Waals surface area contributed by atoms with Crippen molar-refractivity contribution in [3.63, 3.8) is 0 Å². The molecule has 0 saturated heterocycles. The number of furan rings is 3. The third-order valence-electron chi connectivity index (χ3n) is 17.5. The fourth-order valence-electron chi connectivity index (χ4n) is 13.8. The van der Waals surface area contributed by atoms with Gasteiger partial charge in [0.15, 0.2) is 5.58 Å². The number of fused-ring (bicyclic) bond motifs is 20. The molecule has 13 aromatic rings. The monoisotopic (exact) mass is 939 g/mol. The molecule has 0 bridgehead atoms. The lowest BCUT2D eigenvalue weighted by molar-refractivity contribution is 0.650. The van der Waals surface area contributed by atoms with Gasteiger partial charge in [-0.25, -0.2) is 0 Å². The van der Waals surface area contributed by atoms with Crippen LogP contribution in [0.1, 0.15) is 74.9 Å². The van der Waals surface area contributed by atoms with Crippen LogP contribution in [0.5, 0.6) is 0 Å². The van der Waals surface area contributed by atoms with E-state index in [-0.39, 0.29) is 16.2 Å². The van der Waals surface area contributed by atoms with Crippen LogP contribution in [0.4, 0.5) is 17.1 Å². The van der Waals surface area contributed by atoms with Gasteiger partial charge >= 0.3 is 0 Å². The molecule has 73 heavy (non-hydrogen) atoms. The van der Waals surface area contributed by atoms with Crippen molar-refractivity contribution in [2.75, 3.05) is 4.90 Å². The summed E-state index contributed by atoms with van der Waals surface area (Å²) in [5.41, 5.74) is 25.7. The van der Waals surface area contributed by atoms with Crippen molar-refractivity contribution in [3.8, 4) is 44.5 Å². The Morgan fingerprint density at radius 2 is 0.836 bits per heavy atom.